The van der Waals surface area contributed by atoms with E-state index in [9.17, 15) is 18.0 Å². The van der Waals surface area contributed by atoms with Crippen LogP contribution in [0.4, 0.5) is 18.0 Å². The van der Waals surface area contributed by atoms with Crippen LogP contribution < -0.4 is 15.4 Å². The predicted molar refractivity (Wildman–Crippen MR) is 95.1 cm³/mol. The number of pyridine rings is 1. The first kappa shape index (κ1) is 19.0. The fraction of sp³-hybridized carbons (Fsp3) is 0.176. The fourth-order valence-corrected chi connectivity index (χ4v) is 2.74. The normalized spacial score (nSPS) is 11.4. The maximum atomic E-state index is 12.4. The Labute approximate surface area is 160 Å². The third-order valence-electron chi connectivity index (χ3n) is 3.53. The lowest BCUT2D eigenvalue weighted by Gasteiger charge is -2.13. The van der Waals surface area contributed by atoms with Crippen molar-refractivity contribution in [2.75, 3.05) is 0 Å². The van der Waals surface area contributed by atoms with E-state index in [0.717, 1.165) is 10.1 Å². The predicted octanol–water partition coefficient (Wildman–Crippen LogP) is 3.99. The van der Waals surface area contributed by atoms with E-state index in [1.807, 2.05) is 22.7 Å². The standard InChI is InChI=1S/C17H14BrF3N4O2/c18-12-5-6-15-24-13(10-25(15)9-12)8-23-16(26)22-7-11-3-1-2-4-14(11)27-17(19,20)21/h1-6,9-10H,7-8H2,(H2,22,23,26). The molecular weight excluding hydrogens is 429 g/mol. The Morgan fingerprint density at radius 1 is 1.11 bits per heavy atom. The van der Waals surface area contributed by atoms with E-state index in [1.165, 1.54) is 18.2 Å². The molecule has 27 heavy (non-hydrogen) atoms. The molecule has 10 heteroatoms. The van der Waals surface area contributed by atoms with Gasteiger partial charge in [-0.3, -0.25) is 0 Å². The molecule has 3 rings (SSSR count). The number of para-hydroxylation sites is 1. The number of alkyl halides is 3. The minimum atomic E-state index is -4.80. The molecule has 0 bridgehead atoms. The molecule has 0 aliphatic rings. The van der Waals surface area contributed by atoms with Gasteiger partial charge in [-0.1, -0.05) is 18.2 Å². The summed E-state index contributed by atoms with van der Waals surface area (Å²) in [5.74, 6) is -0.351. The zero-order valence-corrected chi connectivity index (χ0v) is 15.3. The van der Waals surface area contributed by atoms with Gasteiger partial charge < -0.3 is 19.8 Å². The monoisotopic (exact) mass is 442 g/mol. The van der Waals surface area contributed by atoms with E-state index in [0.29, 0.717) is 5.69 Å². The second-order valence-corrected chi connectivity index (χ2v) is 6.45. The van der Waals surface area contributed by atoms with Crippen molar-refractivity contribution in [2.24, 2.45) is 0 Å². The molecule has 0 unspecified atom stereocenters. The molecule has 0 atom stereocenters. The lowest BCUT2D eigenvalue weighted by atomic mass is 10.2. The molecule has 1 aromatic carbocycles. The molecule has 2 N–H and O–H groups in total. The molecule has 2 aromatic heterocycles. The van der Waals surface area contributed by atoms with Crippen molar-refractivity contribution in [3.63, 3.8) is 0 Å². The molecule has 0 aliphatic carbocycles. The first-order valence-electron chi connectivity index (χ1n) is 7.79. The number of imidazole rings is 1. The molecule has 6 nitrogen and oxygen atoms in total. The number of amides is 2. The molecule has 0 saturated carbocycles. The summed E-state index contributed by atoms with van der Waals surface area (Å²) >= 11 is 3.36. The quantitative estimate of drug-likeness (QED) is 0.627. The van der Waals surface area contributed by atoms with Gasteiger partial charge in [-0.2, -0.15) is 0 Å². The van der Waals surface area contributed by atoms with Gasteiger partial charge >= 0.3 is 12.4 Å². The SMILES string of the molecule is O=C(NCc1cn2cc(Br)ccc2n1)NCc1ccccc1OC(F)(F)F. The summed E-state index contributed by atoms with van der Waals surface area (Å²) in [5, 5.41) is 5.11. The average molecular weight is 443 g/mol. The number of ether oxygens (including phenoxy) is 1. The van der Waals surface area contributed by atoms with Crippen molar-refractivity contribution in [1.82, 2.24) is 20.0 Å². The third-order valence-corrected chi connectivity index (χ3v) is 4.00. The van der Waals surface area contributed by atoms with E-state index in [4.69, 9.17) is 0 Å². The highest BCUT2D eigenvalue weighted by molar-refractivity contribution is 9.10. The summed E-state index contributed by atoms with van der Waals surface area (Å²) in [5.41, 5.74) is 1.58. The number of carbonyl (C=O) groups is 1. The maximum Gasteiger partial charge on any atom is 0.573 e. The number of fused-ring (bicyclic) bond motifs is 1. The van der Waals surface area contributed by atoms with E-state index in [-0.39, 0.29) is 24.4 Å². The minimum Gasteiger partial charge on any atom is -0.405 e. The molecule has 2 amide bonds. The summed E-state index contributed by atoms with van der Waals surface area (Å²) < 4.78 is 43.9. The lowest BCUT2D eigenvalue weighted by molar-refractivity contribution is -0.274. The van der Waals surface area contributed by atoms with Crippen LogP contribution in [0, 0.1) is 0 Å². The molecule has 142 valence electrons. The van der Waals surface area contributed by atoms with Gasteiger partial charge in [0.05, 0.1) is 12.2 Å². The Kier molecular flexibility index (Phi) is 5.54. The van der Waals surface area contributed by atoms with Gasteiger partial charge in [0.15, 0.2) is 0 Å². The number of hydrogen-bond donors (Lipinski definition) is 2. The van der Waals surface area contributed by atoms with Crippen molar-refractivity contribution in [1.29, 1.82) is 0 Å². The van der Waals surface area contributed by atoms with Crippen molar-refractivity contribution in [3.8, 4) is 5.75 Å². The van der Waals surface area contributed by atoms with Crippen LogP contribution in [0.3, 0.4) is 0 Å². The van der Waals surface area contributed by atoms with Crippen LogP contribution in [0.25, 0.3) is 5.65 Å². The molecule has 0 aliphatic heterocycles. The summed E-state index contributed by atoms with van der Waals surface area (Å²) in [6.45, 7) is 0.0576. The maximum absolute atomic E-state index is 12.4. The highest BCUT2D eigenvalue weighted by Crippen LogP contribution is 2.26. The highest BCUT2D eigenvalue weighted by Gasteiger charge is 2.31. The third kappa shape index (κ3) is 5.36. The molecule has 2 heterocycles. The largest absolute Gasteiger partial charge is 0.573 e. The van der Waals surface area contributed by atoms with Gasteiger partial charge in [0.2, 0.25) is 0 Å². The first-order chi connectivity index (χ1) is 12.8. The highest BCUT2D eigenvalue weighted by atomic mass is 79.9. The molecule has 0 spiro atoms. The summed E-state index contributed by atoms with van der Waals surface area (Å²) in [6, 6.07) is 8.77. The van der Waals surface area contributed by atoms with Crippen LogP contribution in [0.5, 0.6) is 5.75 Å². The van der Waals surface area contributed by atoms with E-state index in [2.05, 4.69) is 36.3 Å². The zero-order valence-electron chi connectivity index (χ0n) is 13.8. The number of carbonyl (C=O) groups excluding carboxylic acids is 1. The van der Waals surface area contributed by atoms with E-state index < -0.39 is 12.4 Å². The second-order valence-electron chi connectivity index (χ2n) is 5.54. The number of aromatic nitrogens is 2. The Hall–Kier alpha value is -2.75. The summed E-state index contributed by atoms with van der Waals surface area (Å²) in [4.78, 5) is 16.3. The van der Waals surface area contributed by atoms with Gasteiger partial charge in [0, 0.05) is 29.0 Å². The zero-order chi connectivity index (χ0) is 19.4. The Morgan fingerprint density at radius 2 is 1.85 bits per heavy atom. The number of urea groups is 1. The number of nitrogens with one attached hydrogen (secondary N) is 2. The number of halogens is 4. The van der Waals surface area contributed by atoms with E-state index >= 15 is 0 Å². The Balaban J connectivity index is 1.55. The smallest absolute Gasteiger partial charge is 0.405 e. The van der Waals surface area contributed by atoms with Gasteiger partial charge in [-0.05, 0) is 34.1 Å². The van der Waals surface area contributed by atoms with Gasteiger partial charge in [0.1, 0.15) is 11.4 Å². The van der Waals surface area contributed by atoms with Crippen molar-refractivity contribution in [2.45, 2.75) is 19.5 Å². The van der Waals surface area contributed by atoms with Gasteiger partial charge in [0.25, 0.3) is 0 Å². The van der Waals surface area contributed by atoms with Crippen LogP contribution in [0.15, 0.2) is 53.3 Å². The van der Waals surface area contributed by atoms with Gasteiger partial charge in [-0.15, -0.1) is 13.2 Å². The van der Waals surface area contributed by atoms with Crippen molar-refractivity contribution in [3.05, 3.63) is 64.5 Å². The Bertz CT molecular complexity index is 959. The van der Waals surface area contributed by atoms with Gasteiger partial charge in [-0.25, -0.2) is 9.78 Å². The number of benzene rings is 1. The van der Waals surface area contributed by atoms with Crippen molar-refractivity contribution < 1.29 is 22.7 Å². The second kappa shape index (κ2) is 7.87. The fourth-order valence-electron chi connectivity index (χ4n) is 2.39. The lowest BCUT2D eigenvalue weighted by Crippen LogP contribution is -2.34. The molecule has 0 radical (unpaired) electrons. The number of hydrogen-bond acceptors (Lipinski definition) is 3. The minimum absolute atomic E-state index is 0.115. The number of rotatable bonds is 5. The van der Waals surface area contributed by atoms with E-state index in [1.54, 1.807) is 12.3 Å². The van der Waals surface area contributed by atoms with Crippen LogP contribution in [-0.2, 0) is 13.1 Å². The van der Waals surface area contributed by atoms with Crippen LogP contribution in [0.2, 0.25) is 0 Å². The molecular formula is C17H14BrF3N4O2. The van der Waals surface area contributed by atoms with Crippen LogP contribution in [0.1, 0.15) is 11.3 Å². The van der Waals surface area contributed by atoms with Crippen LogP contribution >= 0.6 is 15.9 Å². The molecule has 3 aromatic rings. The van der Waals surface area contributed by atoms with Crippen molar-refractivity contribution >= 4 is 27.6 Å². The average Bonchev–Trinajstić information content (AvgIpc) is 3.00. The summed E-state index contributed by atoms with van der Waals surface area (Å²) in [6.07, 6.45) is -1.19. The first-order valence-corrected chi connectivity index (χ1v) is 8.58. The molecule has 0 fully saturated rings. The Morgan fingerprint density at radius 3 is 2.63 bits per heavy atom. The number of nitrogens with zero attached hydrogens (tertiary/aromatic N) is 2. The molecule has 0 saturated heterocycles. The van der Waals surface area contributed by atoms with Crippen LogP contribution in [-0.4, -0.2) is 21.8 Å². The summed E-state index contributed by atoms with van der Waals surface area (Å²) in [7, 11) is 0. The topological polar surface area (TPSA) is 67.7 Å².